The van der Waals surface area contributed by atoms with Crippen LogP contribution >= 0.6 is 0 Å². The summed E-state index contributed by atoms with van der Waals surface area (Å²) in [6.45, 7) is 2.14. The summed E-state index contributed by atoms with van der Waals surface area (Å²) in [6, 6.07) is 8.00. The Hall–Kier alpha value is -1.08. The molecule has 12 heavy (non-hydrogen) atoms. The van der Waals surface area contributed by atoms with E-state index in [-0.39, 0.29) is 6.61 Å². The van der Waals surface area contributed by atoms with Gasteiger partial charge in [-0.2, -0.15) is 0 Å². The van der Waals surface area contributed by atoms with Gasteiger partial charge in [0, 0.05) is 0 Å². The first-order chi connectivity index (χ1) is 5.86. The van der Waals surface area contributed by atoms with Crippen molar-refractivity contribution >= 4 is 0 Å². The molecule has 1 N–H and O–H groups in total. The smallest absolute Gasteiger partial charge is 0.0681 e. The van der Waals surface area contributed by atoms with Gasteiger partial charge in [-0.25, -0.2) is 0 Å². The Morgan fingerprint density at radius 3 is 2.75 bits per heavy atom. The molecule has 1 heteroatoms. The molecule has 0 aliphatic rings. The van der Waals surface area contributed by atoms with Crippen molar-refractivity contribution < 1.29 is 5.11 Å². The molecule has 0 amide bonds. The lowest BCUT2D eigenvalue weighted by Crippen LogP contribution is -1.86. The van der Waals surface area contributed by atoms with Crippen molar-refractivity contribution in [3.05, 3.63) is 47.5 Å². The van der Waals surface area contributed by atoms with E-state index < -0.39 is 0 Å². The monoisotopic (exact) mass is 162 g/mol. The van der Waals surface area contributed by atoms with Crippen LogP contribution in [0.25, 0.3) is 0 Å². The topological polar surface area (TPSA) is 20.2 Å². The zero-order chi connectivity index (χ0) is 8.81. The molecule has 64 valence electrons. The number of hydrogen-bond acceptors (Lipinski definition) is 1. The molecule has 0 fully saturated rings. The Bertz CT molecular complexity index is 263. The van der Waals surface area contributed by atoms with E-state index in [0.29, 0.717) is 0 Å². The standard InChI is InChI=1S/C11H14O/c1-2-3-5-10-6-4-7-11(8-10)9-12/h2-4,6-8,12H,5,9H2,1H3. The molecule has 1 aromatic carbocycles. The minimum absolute atomic E-state index is 0.129. The fourth-order valence-corrected chi connectivity index (χ4v) is 1.11. The maximum absolute atomic E-state index is 8.87. The van der Waals surface area contributed by atoms with Gasteiger partial charge in [-0.3, -0.25) is 0 Å². The van der Waals surface area contributed by atoms with Crippen LogP contribution in [0, 0.1) is 0 Å². The predicted octanol–water partition coefficient (Wildman–Crippen LogP) is 2.30. The van der Waals surface area contributed by atoms with Crippen LogP contribution in [0.4, 0.5) is 0 Å². The maximum atomic E-state index is 8.87. The summed E-state index contributed by atoms with van der Waals surface area (Å²) >= 11 is 0. The maximum Gasteiger partial charge on any atom is 0.0681 e. The summed E-state index contributed by atoms with van der Waals surface area (Å²) in [5.41, 5.74) is 2.23. The Labute approximate surface area is 73.4 Å². The second-order valence-electron chi connectivity index (χ2n) is 2.75. The van der Waals surface area contributed by atoms with Crippen LogP contribution in [0.1, 0.15) is 18.1 Å². The normalized spacial score (nSPS) is 10.8. The van der Waals surface area contributed by atoms with Gasteiger partial charge in [0.15, 0.2) is 0 Å². The summed E-state index contributed by atoms with van der Waals surface area (Å²) in [6.07, 6.45) is 5.09. The van der Waals surface area contributed by atoms with Gasteiger partial charge in [-0.1, -0.05) is 36.4 Å². The Kier molecular flexibility index (Phi) is 3.55. The summed E-state index contributed by atoms with van der Waals surface area (Å²) in [7, 11) is 0. The molecule has 0 saturated carbocycles. The molecule has 0 atom stereocenters. The van der Waals surface area contributed by atoms with Crippen LogP contribution in [0.2, 0.25) is 0 Å². The van der Waals surface area contributed by atoms with Crippen LogP contribution in [-0.2, 0) is 13.0 Å². The second kappa shape index (κ2) is 4.73. The third-order valence-electron chi connectivity index (χ3n) is 1.76. The highest BCUT2D eigenvalue weighted by atomic mass is 16.3. The van der Waals surface area contributed by atoms with Gasteiger partial charge >= 0.3 is 0 Å². The largest absolute Gasteiger partial charge is 0.392 e. The SMILES string of the molecule is CC=CCc1cccc(CO)c1. The number of aliphatic hydroxyl groups is 1. The van der Waals surface area contributed by atoms with Gasteiger partial charge in [0.1, 0.15) is 0 Å². The zero-order valence-electron chi connectivity index (χ0n) is 7.33. The van der Waals surface area contributed by atoms with Gasteiger partial charge < -0.3 is 5.11 Å². The molecule has 0 aliphatic heterocycles. The molecule has 0 bridgehead atoms. The third-order valence-corrected chi connectivity index (χ3v) is 1.76. The Morgan fingerprint density at radius 1 is 1.33 bits per heavy atom. The fraction of sp³-hybridized carbons (Fsp3) is 0.273. The van der Waals surface area contributed by atoms with E-state index in [1.54, 1.807) is 0 Å². The van der Waals surface area contributed by atoms with Crippen LogP contribution in [-0.4, -0.2) is 5.11 Å². The van der Waals surface area contributed by atoms with Crippen molar-refractivity contribution in [3.8, 4) is 0 Å². The van der Waals surface area contributed by atoms with Crippen molar-refractivity contribution in [1.29, 1.82) is 0 Å². The molecular formula is C11H14O. The molecule has 0 spiro atoms. The van der Waals surface area contributed by atoms with Crippen LogP contribution in [0.5, 0.6) is 0 Å². The first kappa shape index (κ1) is 9.01. The van der Waals surface area contributed by atoms with Crippen molar-refractivity contribution in [3.63, 3.8) is 0 Å². The van der Waals surface area contributed by atoms with Crippen molar-refractivity contribution in [2.75, 3.05) is 0 Å². The number of hydrogen-bond donors (Lipinski definition) is 1. The summed E-state index contributed by atoms with van der Waals surface area (Å²) in [5.74, 6) is 0. The van der Waals surface area contributed by atoms with Gasteiger partial charge in [-0.15, -0.1) is 0 Å². The molecule has 0 unspecified atom stereocenters. The number of benzene rings is 1. The second-order valence-corrected chi connectivity index (χ2v) is 2.75. The Balaban J connectivity index is 2.72. The molecule has 0 saturated heterocycles. The first-order valence-electron chi connectivity index (χ1n) is 4.16. The average molecular weight is 162 g/mol. The van der Waals surface area contributed by atoms with Gasteiger partial charge in [0.05, 0.1) is 6.61 Å². The number of allylic oxidation sites excluding steroid dienone is 2. The lowest BCUT2D eigenvalue weighted by Gasteiger charge is -1.99. The minimum atomic E-state index is 0.129. The number of rotatable bonds is 3. The Morgan fingerprint density at radius 2 is 2.08 bits per heavy atom. The van der Waals surface area contributed by atoms with Crippen LogP contribution in [0.15, 0.2) is 36.4 Å². The van der Waals surface area contributed by atoms with Gasteiger partial charge in [0.2, 0.25) is 0 Å². The molecule has 0 radical (unpaired) electrons. The lowest BCUT2D eigenvalue weighted by atomic mass is 10.1. The van der Waals surface area contributed by atoms with Crippen LogP contribution in [0.3, 0.4) is 0 Å². The molecule has 0 aliphatic carbocycles. The van der Waals surface area contributed by atoms with E-state index in [2.05, 4.69) is 12.1 Å². The minimum Gasteiger partial charge on any atom is -0.392 e. The molecule has 0 heterocycles. The lowest BCUT2D eigenvalue weighted by molar-refractivity contribution is 0.282. The van der Waals surface area contributed by atoms with E-state index in [4.69, 9.17) is 5.11 Å². The molecular weight excluding hydrogens is 148 g/mol. The zero-order valence-corrected chi connectivity index (χ0v) is 7.33. The fourth-order valence-electron chi connectivity index (χ4n) is 1.11. The molecule has 1 aromatic rings. The predicted molar refractivity (Wildman–Crippen MR) is 50.9 cm³/mol. The highest BCUT2D eigenvalue weighted by Gasteiger charge is 1.91. The first-order valence-corrected chi connectivity index (χ1v) is 4.16. The van der Waals surface area contributed by atoms with Crippen LogP contribution < -0.4 is 0 Å². The van der Waals surface area contributed by atoms with Gasteiger partial charge in [0.25, 0.3) is 0 Å². The summed E-state index contributed by atoms with van der Waals surface area (Å²) in [5, 5.41) is 8.87. The van der Waals surface area contributed by atoms with E-state index in [0.717, 1.165) is 12.0 Å². The average Bonchev–Trinajstić information content (AvgIpc) is 2.15. The van der Waals surface area contributed by atoms with Crippen molar-refractivity contribution in [2.45, 2.75) is 20.0 Å². The molecule has 0 aromatic heterocycles. The molecule has 1 rings (SSSR count). The van der Waals surface area contributed by atoms with E-state index in [9.17, 15) is 0 Å². The highest BCUT2D eigenvalue weighted by molar-refractivity contribution is 5.24. The third kappa shape index (κ3) is 2.51. The van der Waals surface area contributed by atoms with Crippen molar-refractivity contribution in [2.24, 2.45) is 0 Å². The van der Waals surface area contributed by atoms with E-state index in [1.165, 1.54) is 5.56 Å². The van der Waals surface area contributed by atoms with E-state index >= 15 is 0 Å². The van der Waals surface area contributed by atoms with Gasteiger partial charge in [-0.05, 0) is 24.5 Å². The number of aliphatic hydroxyl groups excluding tert-OH is 1. The van der Waals surface area contributed by atoms with Crippen molar-refractivity contribution in [1.82, 2.24) is 0 Å². The summed E-state index contributed by atoms with van der Waals surface area (Å²) < 4.78 is 0. The molecule has 1 nitrogen and oxygen atoms in total. The summed E-state index contributed by atoms with van der Waals surface area (Å²) in [4.78, 5) is 0. The highest BCUT2D eigenvalue weighted by Crippen LogP contribution is 2.06. The quantitative estimate of drug-likeness (QED) is 0.676. The van der Waals surface area contributed by atoms with E-state index in [1.807, 2.05) is 31.2 Å².